The van der Waals surface area contributed by atoms with Gasteiger partial charge in [0.25, 0.3) is 17.4 Å². The van der Waals surface area contributed by atoms with Crippen LogP contribution in [0.4, 0.5) is 5.69 Å². The number of benzene rings is 2. The van der Waals surface area contributed by atoms with E-state index < -0.39 is 47.3 Å². The maximum absolute atomic E-state index is 12.7. The fourth-order valence-corrected chi connectivity index (χ4v) is 3.42. The molecule has 3 rings (SSSR count). The summed E-state index contributed by atoms with van der Waals surface area (Å²) in [5.74, 6) is -4.17. The summed E-state index contributed by atoms with van der Waals surface area (Å²) in [6.07, 6.45) is -0.592. The Morgan fingerprint density at radius 2 is 1.77 bits per heavy atom. The number of ketones is 1. The fraction of sp³-hybridized carbons (Fsp3) is 0.150. The number of rotatable bonds is 6. The number of carboxylic acid groups (broad SMARTS) is 1. The summed E-state index contributed by atoms with van der Waals surface area (Å²) in [5, 5.41) is 33.6. The van der Waals surface area contributed by atoms with E-state index in [9.17, 15) is 34.7 Å². The molecule has 154 valence electrons. The number of nitro benzene ring substituents is 1. The summed E-state index contributed by atoms with van der Waals surface area (Å²) < 4.78 is 0. The van der Waals surface area contributed by atoms with E-state index >= 15 is 0 Å². The highest BCUT2D eigenvalue weighted by Crippen LogP contribution is 2.42. The predicted molar refractivity (Wildman–Crippen MR) is 103 cm³/mol. The first-order valence-electron chi connectivity index (χ1n) is 8.70. The number of hydrogen-bond donors (Lipinski definition) is 1. The lowest BCUT2D eigenvalue weighted by atomic mass is 9.94. The molecule has 1 heterocycles. The molecule has 1 aliphatic rings. The van der Waals surface area contributed by atoms with Crippen LogP contribution in [0.5, 0.6) is 0 Å². The number of amides is 1. The van der Waals surface area contributed by atoms with E-state index in [0.29, 0.717) is 5.02 Å². The van der Waals surface area contributed by atoms with Crippen molar-refractivity contribution >= 4 is 40.7 Å². The Morgan fingerprint density at radius 3 is 2.37 bits per heavy atom. The van der Waals surface area contributed by atoms with Crippen molar-refractivity contribution in [2.75, 3.05) is 6.54 Å². The molecule has 0 unspecified atom stereocenters. The molecule has 0 aromatic heterocycles. The fourth-order valence-electron chi connectivity index (χ4n) is 3.29. The van der Waals surface area contributed by atoms with Gasteiger partial charge in [0.15, 0.2) is 0 Å². The first-order chi connectivity index (χ1) is 14.2. The molecule has 2 aromatic rings. The van der Waals surface area contributed by atoms with Crippen LogP contribution in [-0.2, 0) is 14.4 Å². The monoisotopic (exact) mass is 429 g/mol. The van der Waals surface area contributed by atoms with Crippen LogP contribution in [0, 0.1) is 10.1 Å². The smallest absolute Gasteiger partial charge is 0.295 e. The highest BCUT2D eigenvalue weighted by atomic mass is 35.5. The Bertz CT molecular complexity index is 1080. The molecule has 1 saturated heterocycles. The van der Waals surface area contributed by atoms with E-state index in [1.54, 1.807) is 0 Å². The minimum Gasteiger partial charge on any atom is -0.550 e. The van der Waals surface area contributed by atoms with Gasteiger partial charge in [-0.05, 0) is 30.3 Å². The van der Waals surface area contributed by atoms with Crippen molar-refractivity contribution in [2.45, 2.75) is 12.5 Å². The van der Waals surface area contributed by atoms with Crippen molar-refractivity contribution in [1.29, 1.82) is 0 Å². The van der Waals surface area contributed by atoms with E-state index in [0.717, 1.165) is 4.90 Å². The summed E-state index contributed by atoms with van der Waals surface area (Å²) in [4.78, 5) is 48.0. The molecule has 1 atom stereocenters. The molecule has 2 aromatic carbocycles. The molecule has 0 saturated carbocycles. The van der Waals surface area contributed by atoms with Gasteiger partial charge in [0.1, 0.15) is 5.76 Å². The first-order valence-corrected chi connectivity index (χ1v) is 9.07. The third-order valence-electron chi connectivity index (χ3n) is 4.64. The van der Waals surface area contributed by atoms with Crippen LogP contribution in [0.25, 0.3) is 5.76 Å². The van der Waals surface area contributed by atoms with Crippen LogP contribution >= 0.6 is 11.6 Å². The summed E-state index contributed by atoms with van der Waals surface area (Å²) in [6.45, 7) is -0.430. The van der Waals surface area contributed by atoms with Gasteiger partial charge >= 0.3 is 0 Å². The minimum absolute atomic E-state index is 0.0319. The number of hydrogen-bond acceptors (Lipinski definition) is 7. The molecule has 1 fully saturated rings. The van der Waals surface area contributed by atoms with Crippen LogP contribution in [0.3, 0.4) is 0 Å². The number of aliphatic carboxylic acids is 1. The van der Waals surface area contributed by atoms with E-state index in [1.807, 2.05) is 0 Å². The van der Waals surface area contributed by atoms with Gasteiger partial charge in [0, 0.05) is 35.6 Å². The van der Waals surface area contributed by atoms with E-state index in [1.165, 1.54) is 48.5 Å². The van der Waals surface area contributed by atoms with Crippen molar-refractivity contribution in [3.05, 3.63) is 80.4 Å². The number of carbonyl (C=O) groups excluding carboxylic acids is 3. The average molecular weight is 430 g/mol. The molecule has 30 heavy (non-hydrogen) atoms. The molecule has 0 spiro atoms. The molecule has 0 radical (unpaired) electrons. The Balaban J connectivity index is 2.23. The molecule has 0 aliphatic carbocycles. The second kappa shape index (κ2) is 8.34. The molecular formula is C20H14ClN2O7-. The summed E-state index contributed by atoms with van der Waals surface area (Å²) >= 11 is 5.84. The number of likely N-dealkylation sites (tertiary alicyclic amines) is 1. The number of aliphatic hydroxyl groups is 1. The highest BCUT2D eigenvalue weighted by molar-refractivity contribution is 6.46. The van der Waals surface area contributed by atoms with Crippen molar-refractivity contribution in [2.24, 2.45) is 0 Å². The number of nitro groups is 1. The van der Waals surface area contributed by atoms with Crippen molar-refractivity contribution in [1.82, 2.24) is 4.90 Å². The van der Waals surface area contributed by atoms with Gasteiger partial charge in [-0.15, -0.1) is 0 Å². The average Bonchev–Trinajstić information content (AvgIpc) is 2.96. The minimum atomic E-state index is -1.46. The van der Waals surface area contributed by atoms with Gasteiger partial charge in [0.2, 0.25) is 0 Å². The quantitative estimate of drug-likeness (QED) is 0.242. The van der Waals surface area contributed by atoms with Gasteiger partial charge in [-0.3, -0.25) is 19.7 Å². The zero-order valence-corrected chi connectivity index (χ0v) is 16.0. The topological polar surface area (TPSA) is 141 Å². The summed E-state index contributed by atoms with van der Waals surface area (Å²) in [7, 11) is 0. The maximum Gasteiger partial charge on any atom is 0.295 e. The number of carboxylic acids is 1. The lowest BCUT2D eigenvalue weighted by molar-refractivity contribution is -0.385. The van der Waals surface area contributed by atoms with Crippen LogP contribution < -0.4 is 5.11 Å². The van der Waals surface area contributed by atoms with Crippen LogP contribution in [-0.4, -0.2) is 39.1 Å². The Kier molecular flexibility index (Phi) is 5.84. The molecular weight excluding hydrogens is 416 g/mol. The molecule has 0 bridgehead atoms. The van der Waals surface area contributed by atoms with Gasteiger partial charge in [0.05, 0.1) is 22.1 Å². The Morgan fingerprint density at radius 1 is 1.13 bits per heavy atom. The Labute approximate surface area is 175 Å². The van der Waals surface area contributed by atoms with Crippen molar-refractivity contribution in [3.63, 3.8) is 0 Å². The standard InChI is InChI=1S/C20H15ClN2O7/c21-12-7-5-11(6-8-12)18(26)16-17(13-3-1-2-4-14(13)23(29)30)22(10-9-15(24)25)20(28)19(16)27/h1-8,17,26H,9-10H2,(H,24,25)/p-1/t17-/m0/s1. The first kappa shape index (κ1) is 21.0. The van der Waals surface area contributed by atoms with Gasteiger partial charge < -0.3 is 19.9 Å². The van der Waals surface area contributed by atoms with Crippen LogP contribution in [0.1, 0.15) is 23.6 Å². The lowest BCUT2D eigenvalue weighted by Crippen LogP contribution is -2.35. The summed E-state index contributed by atoms with van der Waals surface area (Å²) in [6, 6.07) is 9.84. The number of nitrogens with zero attached hydrogens (tertiary/aromatic N) is 2. The lowest BCUT2D eigenvalue weighted by Gasteiger charge is -2.25. The zero-order valence-electron chi connectivity index (χ0n) is 15.3. The Hall–Kier alpha value is -3.72. The molecule has 1 aliphatic heterocycles. The largest absolute Gasteiger partial charge is 0.550 e. The molecule has 10 heteroatoms. The maximum atomic E-state index is 12.7. The SMILES string of the molecule is O=C([O-])CCN1C(=O)C(=O)C(=C(O)c2ccc(Cl)cc2)[C@@H]1c1ccccc1[N+](=O)[O-]. The number of carbonyl (C=O) groups is 3. The third-order valence-corrected chi connectivity index (χ3v) is 4.89. The normalized spacial score (nSPS) is 17.9. The van der Waals surface area contributed by atoms with E-state index in [4.69, 9.17) is 11.6 Å². The van der Waals surface area contributed by atoms with Gasteiger partial charge in [-0.2, -0.15) is 0 Å². The van der Waals surface area contributed by atoms with E-state index in [-0.39, 0.29) is 22.4 Å². The number of halogens is 1. The summed E-state index contributed by atoms with van der Waals surface area (Å²) in [5.41, 5.74) is -0.628. The van der Waals surface area contributed by atoms with Gasteiger partial charge in [-0.25, -0.2) is 0 Å². The predicted octanol–water partition coefficient (Wildman–Crippen LogP) is 1.81. The molecule has 9 nitrogen and oxygen atoms in total. The van der Waals surface area contributed by atoms with E-state index in [2.05, 4.69) is 0 Å². The third kappa shape index (κ3) is 3.87. The molecule has 1 amide bonds. The molecule has 1 N–H and O–H groups in total. The van der Waals surface area contributed by atoms with Crippen LogP contribution in [0.2, 0.25) is 5.02 Å². The highest BCUT2D eigenvalue weighted by Gasteiger charge is 2.47. The van der Waals surface area contributed by atoms with Crippen molar-refractivity contribution < 1.29 is 29.5 Å². The van der Waals surface area contributed by atoms with Crippen molar-refractivity contribution in [3.8, 4) is 0 Å². The number of para-hydroxylation sites is 1. The van der Waals surface area contributed by atoms with Gasteiger partial charge in [-0.1, -0.05) is 23.7 Å². The number of Topliss-reactive ketones (excluding diaryl/α,β-unsaturated/α-hetero) is 1. The zero-order chi connectivity index (χ0) is 22.0. The second-order valence-electron chi connectivity index (χ2n) is 6.44. The second-order valence-corrected chi connectivity index (χ2v) is 6.87. The van der Waals surface area contributed by atoms with Crippen LogP contribution in [0.15, 0.2) is 54.1 Å². The number of aliphatic hydroxyl groups excluding tert-OH is 1.